The Hall–Kier alpha value is -2.13. The van der Waals surface area contributed by atoms with Gasteiger partial charge in [0.1, 0.15) is 0 Å². The minimum Gasteiger partial charge on any atom is -0.381 e. The van der Waals surface area contributed by atoms with Crippen molar-refractivity contribution in [2.75, 3.05) is 19.8 Å². The Bertz CT molecular complexity index is 616. The van der Waals surface area contributed by atoms with Crippen molar-refractivity contribution in [2.45, 2.75) is 19.3 Å². The van der Waals surface area contributed by atoms with Crippen LogP contribution in [0.25, 0.3) is 11.1 Å². The fourth-order valence-corrected chi connectivity index (χ4v) is 2.92. The largest absolute Gasteiger partial charge is 0.381 e. The second-order valence-corrected chi connectivity index (χ2v) is 6.11. The number of amides is 1. The number of ether oxygens (including phenoxy) is 1. The second kappa shape index (κ2) is 7.93. The molecule has 0 saturated carbocycles. The highest BCUT2D eigenvalue weighted by molar-refractivity contribution is 5.78. The van der Waals surface area contributed by atoms with Crippen LogP contribution in [0.1, 0.15) is 18.4 Å². The molecule has 1 heterocycles. The summed E-state index contributed by atoms with van der Waals surface area (Å²) in [5, 5.41) is 3.01. The molecule has 2 aromatic carbocycles. The normalized spacial score (nSPS) is 17.1. The molecule has 3 heteroatoms. The van der Waals surface area contributed by atoms with Gasteiger partial charge in [-0.3, -0.25) is 4.79 Å². The average Bonchev–Trinajstić information content (AvgIpc) is 3.10. The summed E-state index contributed by atoms with van der Waals surface area (Å²) in [6.07, 6.45) is 2.58. The molecule has 3 nitrogen and oxygen atoms in total. The van der Waals surface area contributed by atoms with Crippen molar-refractivity contribution >= 4 is 5.91 Å². The van der Waals surface area contributed by atoms with Gasteiger partial charge >= 0.3 is 0 Å². The maximum absolute atomic E-state index is 12.0. The van der Waals surface area contributed by atoms with Crippen molar-refractivity contribution in [3.8, 4) is 11.1 Å². The number of carbonyl (C=O) groups excluding carboxylic acids is 1. The third kappa shape index (κ3) is 4.67. The predicted molar refractivity (Wildman–Crippen MR) is 92.1 cm³/mol. The van der Waals surface area contributed by atoms with Crippen LogP contribution in [0.2, 0.25) is 0 Å². The monoisotopic (exact) mass is 309 g/mol. The smallest absolute Gasteiger partial charge is 0.224 e. The van der Waals surface area contributed by atoms with Crippen molar-refractivity contribution in [1.29, 1.82) is 0 Å². The van der Waals surface area contributed by atoms with Gasteiger partial charge in [-0.1, -0.05) is 54.6 Å². The third-order valence-electron chi connectivity index (χ3n) is 4.32. The van der Waals surface area contributed by atoms with Gasteiger partial charge in [-0.2, -0.15) is 0 Å². The van der Waals surface area contributed by atoms with Crippen LogP contribution in [0.15, 0.2) is 54.6 Å². The van der Waals surface area contributed by atoms with Crippen LogP contribution in [0, 0.1) is 5.92 Å². The van der Waals surface area contributed by atoms with Crippen LogP contribution in [-0.4, -0.2) is 25.7 Å². The molecule has 1 aliphatic heterocycles. The molecule has 0 spiro atoms. The molecule has 1 saturated heterocycles. The average molecular weight is 309 g/mol. The van der Waals surface area contributed by atoms with Gasteiger partial charge in [0, 0.05) is 19.8 Å². The summed E-state index contributed by atoms with van der Waals surface area (Å²) >= 11 is 0. The molecule has 1 atom stereocenters. The SMILES string of the molecule is O=C(Cc1ccc(-c2ccccc2)cc1)NCC[C@H]1CCOC1. The van der Waals surface area contributed by atoms with Gasteiger partial charge in [0.25, 0.3) is 0 Å². The fourth-order valence-electron chi connectivity index (χ4n) is 2.92. The highest BCUT2D eigenvalue weighted by Crippen LogP contribution is 2.19. The van der Waals surface area contributed by atoms with Crippen LogP contribution in [-0.2, 0) is 16.0 Å². The molecular formula is C20H23NO2. The Balaban J connectivity index is 1.46. The maximum Gasteiger partial charge on any atom is 0.224 e. The van der Waals surface area contributed by atoms with Gasteiger partial charge < -0.3 is 10.1 Å². The molecule has 1 fully saturated rings. The molecule has 0 unspecified atom stereocenters. The fraction of sp³-hybridized carbons (Fsp3) is 0.350. The Morgan fingerprint density at radius 3 is 2.48 bits per heavy atom. The van der Waals surface area contributed by atoms with Crippen LogP contribution in [0.3, 0.4) is 0 Å². The molecular weight excluding hydrogens is 286 g/mol. The summed E-state index contributed by atoms with van der Waals surface area (Å²) in [5.41, 5.74) is 3.42. The van der Waals surface area contributed by atoms with Crippen LogP contribution < -0.4 is 5.32 Å². The van der Waals surface area contributed by atoms with Crippen molar-refractivity contribution in [3.05, 3.63) is 60.2 Å². The lowest BCUT2D eigenvalue weighted by Crippen LogP contribution is -2.27. The number of hydrogen-bond donors (Lipinski definition) is 1. The molecule has 1 aliphatic rings. The van der Waals surface area contributed by atoms with Gasteiger partial charge in [-0.05, 0) is 35.4 Å². The first-order chi connectivity index (χ1) is 11.3. The topological polar surface area (TPSA) is 38.3 Å². The van der Waals surface area contributed by atoms with Crippen molar-refractivity contribution < 1.29 is 9.53 Å². The molecule has 0 aromatic heterocycles. The van der Waals surface area contributed by atoms with Crippen molar-refractivity contribution in [3.63, 3.8) is 0 Å². The maximum atomic E-state index is 12.0. The van der Waals surface area contributed by atoms with E-state index in [9.17, 15) is 4.79 Å². The molecule has 1 amide bonds. The number of carbonyl (C=O) groups is 1. The highest BCUT2D eigenvalue weighted by Gasteiger charge is 2.15. The van der Waals surface area contributed by atoms with Gasteiger partial charge in [-0.25, -0.2) is 0 Å². The zero-order chi connectivity index (χ0) is 15.9. The number of hydrogen-bond acceptors (Lipinski definition) is 2. The minimum atomic E-state index is 0.0939. The minimum absolute atomic E-state index is 0.0939. The van der Waals surface area contributed by atoms with E-state index in [1.807, 2.05) is 30.3 Å². The first-order valence-electron chi connectivity index (χ1n) is 8.30. The Kier molecular flexibility index (Phi) is 5.43. The van der Waals surface area contributed by atoms with E-state index in [0.717, 1.165) is 38.2 Å². The summed E-state index contributed by atoms with van der Waals surface area (Å²) in [7, 11) is 0. The van der Waals surface area contributed by atoms with Crippen LogP contribution in [0.5, 0.6) is 0 Å². The van der Waals surface area contributed by atoms with E-state index in [0.29, 0.717) is 12.3 Å². The van der Waals surface area contributed by atoms with Crippen LogP contribution in [0.4, 0.5) is 0 Å². The summed E-state index contributed by atoms with van der Waals surface area (Å²) in [5.74, 6) is 0.705. The molecule has 0 radical (unpaired) electrons. The van der Waals surface area contributed by atoms with E-state index in [2.05, 4.69) is 29.6 Å². The predicted octanol–water partition coefficient (Wildman–Crippen LogP) is 3.44. The quantitative estimate of drug-likeness (QED) is 0.887. The molecule has 0 aliphatic carbocycles. The van der Waals surface area contributed by atoms with E-state index in [4.69, 9.17) is 4.74 Å². The van der Waals surface area contributed by atoms with Gasteiger partial charge in [0.05, 0.1) is 6.42 Å². The molecule has 2 aromatic rings. The lowest BCUT2D eigenvalue weighted by molar-refractivity contribution is -0.120. The lowest BCUT2D eigenvalue weighted by atomic mass is 10.0. The Labute approximate surface area is 137 Å². The van der Waals surface area contributed by atoms with E-state index in [1.54, 1.807) is 0 Å². The van der Waals surface area contributed by atoms with Crippen LogP contribution >= 0.6 is 0 Å². The number of nitrogens with one attached hydrogen (secondary N) is 1. The molecule has 1 N–H and O–H groups in total. The third-order valence-corrected chi connectivity index (χ3v) is 4.32. The summed E-state index contributed by atoms with van der Waals surface area (Å²) in [4.78, 5) is 12.0. The molecule has 0 bridgehead atoms. The van der Waals surface area contributed by atoms with E-state index >= 15 is 0 Å². The Morgan fingerprint density at radius 2 is 1.78 bits per heavy atom. The van der Waals surface area contributed by atoms with Gasteiger partial charge in [0.2, 0.25) is 5.91 Å². The second-order valence-electron chi connectivity index (χ2n) is 6.11. The van der Waals surface area contributed by atoms with Gasteiger partial charge in [0.15, 0.2) is 0 Å². The molecule has 120 valence electrons. The zero-order valence-corrected chi connectivity index (χ0v) is 13.3. The van der Waals surface area contributed by atoms with Crippen molar-refractivity contribution in [2.24, 2.45) is 5.92 Å². The summed E-state index contributed by atoms with van der Waals surface area (Å²) < 4.78 is 5.35. The summed E-state index contributed by atoms with van der Waals surface area (Å²) in [6.45, 7) is 2.46. The first kappa shape index (κ1) is 15.8. The van der Waals surface area contributed by atoms with E-state index in [1.165, 1.54) is 11.1 Å². The lowest BCUT2D eigenvalue weighted by Gasteiger charge is -2.09. The molecule has 23 heavy (non-hydrogen) atoms. The zero-order valence-electron chi connectivity index (χ0n) is 13.3. The number of rotatable bonds is 6. The highest BCUT2D eigenvalue weighted by atomic mass is 16.5. The van der Waals surface area contributed by atoms with Gasteiger partial charge in [-0.15, -0.1) is 0 Å². The van der Waals surface area contributed by atoms with Crippen molar-refractivity contribution in [1.82, 2.24) is 5.32 Å². The molecule has 3 rings (SSSR count). The first-order valence-corrected chi connectivity index (χ1v) is 8.30. The Morgan fingerprint density at radius 1 is 1.04 bits per heavy atom. The van der Waals surface area contributed by atoms with E-state index in [-0.39, 0.29) is 5.91 Å². The standard InChI is InChI=1S/C20H23NO2/c22-20(21-12-10-17-11-13-23-15-17)14-16-6-8-19(9-7-16)18-4-2-1-3-5-18/h1-9,17H,10-15H2,(H,21,22)/t17-/m0/s1. The van der Waals surface area contributed by atoms with E-state index < -0.39 is 0 Å². The summed E-state index contributed by atoms with van der Waals surface area (Å²) in [6, 6.07) is 18.5. The number of benzene rings is 2.